The average Bonchev–Trinajstić information content (AvgIpc) is 2.84. The Morgan fingerprint density at radius 3 is 2.43 bits per heavy atom. The Morgan fingerprint density at radius 2 is 1.95 bits per heavy atom. The SMILES string of the molecule is CCC(CC)=C(C)C(N=CSC)=NC1CC(CO)CC1O. The van der Waals surface area contributed by atoms with Crippen molar-refractivity contribution in [3.05, 3.63) is 11.1 Å². The molecule has 1 rings (SSSR count). The van der Waals surface area contributed by atoms with E-state index >= 15 is 0 Å². The van der Waals surface area contributed by atoms with Gasteiger partial charge in [0.2, 0.25) is 0 Å². The Morgan fingerprint density at radius 1 is 1.29 bits per heavy atom. The lowest BCUT2D eigenvalue weighted by atomic mass is 10.0. The third-order valence-corrected chi connectivity index (χ3v) is 4.46. The van der Waals surface area contributed by atoms with Gasteiger partial charge in [-0.2, -0.15) is 0 Å². The van der Waals surface area contributed by atoms with Gasteiger partial charge in [-0.1, -0.05) is 19.4 Å². The van der Waals surface area contributed by atoms with E-state index in [9.17, 15) is 10.2 Å². The summed E-state index contributed by atoms with van der Waals surface area (Å²) in [6.07, 6.45) is 4.83. The zero-order valence-corrected chi connectivity index (χ0v) is 14.4. The lowest BCUT2D eigenvalue weighted by Gasteiger charge is -2.13. The van der Waals surface area contributed by atoms with Crippen molar-refractivity contribution in [2.75, 3.05) is 12.9 Å². The van der Waals surface area contributed by atoms with Crippen molar-refractivity contribution in [1.82, 2.24) is 0 Å². The van der Waals surface area contributed by atoms with Crippen LogP contribution in [0.3, 0.4) is 0 Å². The molecule has 1 saturated carbocycles. The van der Waals surface area contributed by atoms with E-state index in [4.69, 9.17) is 4.99 Å². The van der Waals surface area contributed by atoms with Crippen LogP contribution in [0.15, 0.2) is 21.1 Å². The predicted molar refractivity (Wildman–Crippen MR) is 92.3 cm³/mol. The number of rotatable bonds is 6. The van der Waals surface area contributed by atoms with E-state index in [1.165, 1.54) is 5.57 Å². The van der Waals surface area contributed by atoms with Crippen molar-refractivity contribution in [3.63, 3.8) is 0 Å². The van der Waals surface area contributed by atoms with Gasteiger partial charge in [-0.15, -0.1) is 11.8 Å². The van der Waals surface area contributed by atoms with Crippen LogP contribution in [0, 0.1) is 5.92 Å². The molecule has 5 heteroatoms. The summed E-state index contributed by atoms with van der Waals surface area (Å²) in [5, 5.41) is 19.4. The first-order chi connectivity index (χ1) is 10.1. The van der Waals surface area contributed by atoms with Gasteiger partial charge in [-0.3, -0.25) is 4.99 Å². The van der Waals surface area contributed by atoms with Crippen molar-refractivity contribution in [1.29, 1.82) is 0 Å². The monoisotopic (exact) mass is 312 g/mol. The van der Waals surface area contributed by atoms with Crippen molar-refractivity contribution < 1.29 is 10.2 Å². The minimum atomic E-state index is -0.471. The highest BCUT2D eigenvalue weighted by Crippen LogP contribution is 2.29. The normalized spacial score (nSPS) is 26.6. The molecule has 21 heavy (non-hydrogen) atoms. The number of hydrogen-bond acceptors (Lipinski definition) is 4. The Labute approximate surface area is 132 Å². The number of amidine groups is 1. The van der Waals surface area contributed by atoms with Crippen LogP contribution < -0.4 is 0 Å². The summed E-state index contributed by atoms with van der Waals surface area (Å²) >= 11 is 1.54. The van der Waals surface area contributed by atoms with E-state index in [0.717, 1.165) is 30.7 Å². The summed E-state index contributed by atoms with van der Waals surface area (Å²) in [4.78, 5) is 9.16. The van der Waals surface area contributed by atoms with Crippen LogP contribution in [-0.2, 0) is 0 Å². The quantitative estimate of drug-likeness (QED) is 0.585. The number of allylic oxidation sites excluding steroid dienone is 1. The fraction of sp³-hybridized carbons (Fsp3) is 0.750. The maximum Gasteiger partial charge on any atom is 0.151 e. The molecule has 0 aromatic carbocycles. The summed E-state index contributed by atoms with van der Waals surface area (Å²) in [5.41, 5.74) is 4.25. The van der Waals surface area contributed by atoms with Crippen molar-refractivity contribution >= 4 is 23.1 Å². The summed E-state index contributed by atoms with van der Waals surface area (Å²) in [7, 11) is 0. The molecule has 0 bridgehead atoms. The molecule has 0 heterocycles. The molecular formula is C16H28N2O2S. The molecule has 120 valence electrons. The van der Waals surface area contributed by atoms with E-state index in [2.05, 4.69) is 25.8 Å². The second kappa shape index (κ2) is 9.38. The molecule has 4 nitrogen and oxygen atoms in total. The number of aliphatic hydroxyl groups excluding tert-OH is 2. The third-order valence-electron chi connectivity index (χ3n) is 4.14. The van der Waals surface area contributed by atoms with E-state index in [1.807, 2.05) is 6.26 Å². The fourth-order valence-corrected chi connectivity index (χ4v) is 3.01. The standard InChI is InChI=1S/C16H28N2O2S/c1-5-13(6-2)11(3)16(17-10-21-4)18-14-7-12(9-19)8-15(14)20/h10,12,14-15,19-20H,5-9H2,1-4H3. The Kier molecular flexibility index (Phi) is 8.22. The molecule has 1 aliphatic carbocycles. The second-order valence-electron chi connectivity index (χ2n) is 5.51. The molecule has 1 aliphatic rings. The van der Waals surface area contributed by atoms with Gasteiger partial charge in [0.25, 0.3) is 0 Å². The topological polar surface area (TPSA) is 65.2 Å². The zero-order valence-electron chi connectivity index (χ0n) is 13.5. The van der Waals surface area contributed by atoms with Crippen molar-refractivity contribution in [2.45, 2.75) is 58.6 Å². The first-order valence-electron chi connectivity index (χ1n) is 7.68. The van der Waals surface area contributed by atoms with Crippen molar-refractivity contribution in [3.8, 4) is 0 Å². The second-order valence-corrected chi connectivity index (χ2v) is 6.20. The maximum absolute atomic E-state index is 10.1. The molecule has 0 saturated heterocycles. The molecule has 3 atom stereocenters. The van der Waals surface area contributed by atoms with Gasteiger partial charge in [-0.25, -0.2) is 4.99 Å². The lowest BCUT2D eigenvalue weighted by Crippen LogP contribution is -2.19. The third kappa shape index (κ3) is 5.24. The maximum atomic E-state index is 10.1. The van der Waals surface area contributed by atoms with Gasteiger partial charge in [0, 0.05) is 6.61 Å². The molecule has 1 fully saturated rings. The summed E-state index contributed by atoms with van der Waals surface area (Å²) < 4.78 is 0. The number of nitrogens with zero attached hydrogens (tertiary/aromatic N) is 2. The van der Waals surface area contributed by atoms with E-state index in [0.29, 0.717) is 6.42 Å². The number of aliphatic imine (C=N–C) groups is 2. The zero-order chi connectivity index (χ0) is 15.8. The van der Waals surface area contributed by atoms with Crippen LogP contribution in [0.1, 0.15) is 46.5 Å². The number of aliphatic hydroxyl groups is 2. The minimum Gasteiger partial charge on any atom is -0.396 e. The van der Waals surface area contributed by atoms with Crippen LogP contribution in [0.5, 0.6) is 0 Å². The van der Waals surface area contributed by atoms with Crippen LogP contribution in [0.25, 0.3) is 0 Å². The molecule has 0 spiro atoms. The van der Waals surface area contributed by atoms with Crippen LogP contribution in [0.4, 0.5) is 0 Å². The van der Waals surface area contributed by atoms with E-state index in [-0.39, 0.29) is 18.6 Å². The summed E-state index contributed by atoms with van der Waals surface area (Å²) in [6, 6.07) is -0.152. The average molecular weight is 312 g/mol. The van der Waals surface area contributed by atoms with Gasteiger partial charge in [0.15, 0.2) is 5.84 Å². The van der Waals surface area contributed by atoms with Gasteiger partial charge >= 0.3 is 0 Å². The van der Waals surface area contributed by atoms with E-state index in [1.54, 1.807) is 17.3 Å². The minimum absolute atomic E-state index is 0.122. The Hall–Kier alpha value is -0.650. The fourth-order valence-electron chi connectivity index (χ4n) is 2.81. The van der Waals surface area contributed by atoms with Crippen LogP contribution >= 0.6 is 11.8 Å². The number of hydrogen-bond donors (Lipinski definition) is 2. The smallest absolute Gasteiger partial charge is 0.151 e. The van der Waals surface area contributed by atoms with Crippen LogP contribution in [0.2, 0.25) is 0 Å². The van der Waals surface area contributed by atoms with Gasteiger partial charge in [0.1, 0.15) is 0 Å². The molecule has 0 aromatic rings. The van der Waals surface area contributed by atoms with E-state index < -0.39 is 6.10 Å². The number of thioether (sulfide) groups is 1. The van der Waals surface area contributed by atoms with Gasteiger partial charge in [0.05, 0.1) is 17.7 Å². The molecule has 0 radical (unpaired) electrons. The summed E-state index contributed by atoms with van der Waals surface area (Å²) in [6.45, 7) is 6.47. The predicted octanol–water partition coefficient (Wildman–Crippen LogP) is 3.04. The van der Waals surface area contributed by atoms with Gasteiger partial charge in [-0.05, 0) is 50.4 Å². The molecular weight excluding hydrogens is 284 g/mol. The highest BCUT2D eigenvalue weighted by molar-refractivity contribution is 8.11. The molecule has 0 aromatic heterocycles. The highest BCUT2D eigenvalue weighted by atomic mass is 32.2. The Balaban J connectivity index is 3.05. The first-order valence-corrected chi connectivity index (χ1v) is 8.97. The van der Waals surface area contributed by atoms with Gasteiger partial charge < -0.3 is 10.2 Å². The molecule has 2 N–H and O–H groups in total. The highest BCUT2D eigenvalue weighted by Gasteiger charge is 2.32. The summed E-state index contributed by atoms with van der Waals surface area (Å²) in [5.74, 6) is 0.881. The lowest BCUT2D eigenvalue weighted by molar-refractivity contribution is 0.153. The molecule has 0 amide bonds. The van der Waals surface area contributed by atoms with Crippen molar-refractivity contribution in [2.24, 2.45) is 15.9 Å². The first kappa shape index (κ1) is 18.4. The Bertz CT molecular complexity index is 413. The van der Waals surface area contributed by atoms with Crippen LogP contribution in [-0.4, -0.2) is 46.6 Å². The largest absolute Gasteiger partial charge is 0.396 e. The molecule has 3 unspecified atom stereocenters. The molecule has 0 aliphatic heterocycles.